The van der Waals surface area contributed by atoms with E-state index in [4.69, 9.17) is 16.3 Å². The molecule has 2 rings (SSSR count). The fraction of sp³-hybridized carbons (Fsp3) is 0.611. The highest BCUT2D eigenvalue weighted by atomic mass is 35.5. The number of halogens is 1. The molecule has 0 aliphatic carbocycles. The molecule has 1 N–H and O–H groups in total. The van der Waals surface area contributed by atoms with E-state index in [-0.39, 0.29) is 11.8 Å². The third-order valence-corrected chi connectivity index (χ3v) is 4.28. The van der Waals surface area contributed by atoms with Crippen LogP contribution in [-0.2, 0) is 11.3 Å². The van der Waals surface area contributed by atoms with Crippen LogP contribution in [0.2, 0.25) is 0 Å². The van der Waals surface area contributed by atoms with Gasteiger partial charge in [-0.05, 0) is 50.0 Å². The molecule has 5 heteroatoms. The number of alkyl halides is 1. The molecule has 1 aliphatic rings. The predicted molar refractivity (Wildman–Crippen MR) is 94.0 cm³/mol. The molecular weight excluding hydrogens is 312 g/mol. The van der Waals surface area contributed by atoms with Crippen LogP contribution in [0.3, 0.4) is 0 Å². The Labute approximate surface area is 144 Å². The van der Waals surface area contributed by atoms with Gasteiger partial charge in [0.15, 0.2) is 0 Å². The molecule has 0 aromatic heterocycles. The van der Waals surface area contributed by atoms with Gasteiger partial charge in [-0.1, -0.05) is 25.0 Å². The molecule has 0 spiro atoms. The molecule has 1 aromatic carbocycles. The van der Waals surface area contributed by atoms with Crippen molar-refractivity contribution in [1.82, 2.24) is 10.2 Å². The summed E-state index contributed by atoms with van der Waals surface area (Å²) in [6.45, 7) is 4.59. The Hall–Kier alpha value is -1.26. The van der Waals surface area contributed by atoms with Gasteiger partial charge in [-0.3, -0.25) is 9.69 Å². The molecule has 0 unspecified atom stereocenters. The minimum atomic E-state index is -0.133. The number of likely N-dealkylation sites (tertiary alicyclic amines) is 1. The zero-order valence-electron chi connectivity index (χ0n) is 13.7. The monoisotopic (exact) mass is 338 g/mol. The molecule has 0 saturated carbocycles. The summed E-state index contributed by atoms with van der Waals surface area (Å²) >= 11 is 5.42. The average molecular weight is 339 g/mol. The molecule has 1 aliphatic heterocycles. The van der Waals surface area contributed by atoms with E-state index in [0.29, 0.717) is 13.2 Å². The van der Waals surface area contributed by atoms with E-state index in [1.165, 1.54) is 44.3 Å². The van der Waals surface area contributed by atoms with Crippen LogP contribution in [-0.4, -0.2) is 42.9 Å². The molecule has 23 heavy (non-hydrogen) atoms. The molecule has 0 bridgehead atoms. The molecule has 1 amide bonds. The maximum absolute atomic E-state index is 11.0. The van der Waals surface area contributed by atoms with Crippen molar-refractivity contribution in [3.8, 4) is 5.75 Å². The SMILES string of the molecule is O=C(CCl)NCCCOc1cccc(CN2CCCCCC2)c1. The first-order valence-electron chi connectivity index (χ1n) is 8.54. The number of nitrogens with zero attached hydrogens (tertiary/aromatic N) is 1. The van der Waals surface area contributed by atoms with Gasteiger partial charge in [0.2, 0.25) is 5.91 Å². The highest BCUT2D eigenvalue weighted by molar-refractivity contribution is 6.27. The first kappa shape index (κ1) is 18.1. The molecule has 0 radical (unpaired) electrons. The lowest BCUT2D eigenvalue weighted by molar-refractivity contribution is -0.118. The molecule has 1 aromatic rings. The summed E-state index contributed by atoms with van der Waals surface area (Å²) in [7, 11) is 0. The second-order valence-corrected chi connectivity index (χ2v) is 6.29. The van der Waals surface area contributed by atoms with Gasteiger partial charge in [-0.15, -0.1) is 11.6 Å². The third-order valence-electron chi connectivity index (χ3n) is 4.04. The third kappa shape index (κ3) is 7.23. The Morgan fingerprint density at radius 1 is 1.22 bits per heavy atom. The smallest absolute Gasteiger partial charge is 0.234 e. The average Bonchev–Trinajstić information content (AvgIpc) is 2.83. The lowest BCUT2D eigenvalue weighted by Crippen LogP contribution is -2.26. The second kappa shape index (κ2) is 10.5. The highest BCUT2D eigenvalue weighted by Gasteiger charge is 2.09. The topological polar surface area (TPSA) is 41.6 Å². The Bertz CT molecular complexity index is 474. The van der Waals surface area contributed by atoms with E-state index in [9.17, 15) is 4.79 Å². The normalized spacial score (nSPS) is 15.9. The van der Waals surface area contributed by atoms with Crippen molar-refractivity contribution >= 4 is 17.5 Å². The van der Waals surface area contributed by atoms with Gasteiger partial charge < -0.3 is 10.1 Å². The number of hydrogen-bond acceptors (Lipinski definition) is 3. The van der Waals surface area contributed by atoms with Crippen molar-refractivity contribution in [2.75, 3.05) is 32.1 Å². The van der Waals surface area contributed by atoms with E-state index in [1.807, 2.05) is 6.07 Å². The minimum Gasteiger partial charge on any atom is -0.494 e. The molecule has 0 atom stereocenters. The molecular formula is C18H27ClN2O2. The Balaban J connectivity index is 1.72. The number of amides is 1. The van der Waals surface area contributed by atoms with Crippen molar-refractivity contribution in [2.24, 2.45) is 0 Å². The van der Waals surface area contributed by atoms with Crippen molar-refractivity contribution in [3.05, 3.63) is 29.8 Å². The summed E-state index contributed by atoms with van der Waals surface area (Å²) in [5.74, 6) is 0.784. The summed E-state index contributed by atoms with van der Waals surface area (Å²) in [6, 6.07) is 8.34. The summed E-state index contributed by atoms with van der Waals surface area (Å²) in [5.41, 5.74) is 1.31. The van der Waals surface area contributed by atoms with Gasteiger partial charge in [0, 0.05) is 13.1 Å². The maximum Gasteiger partial charge on any atom is 0.234 e. The first-order chi connectivity index (χ1) is 11.3. The van der Waals surface area contributed by atoms with Gasteiger partial charge in [0.1, 0.15) is 11.6 Å². The summed E-state index contributed by atoms with van der Waals surface area (Å²) in [6.07, 6.45) is 6.12. The highest BCUT2D eigenvalue weighted by Crippen LogP contribution is 2.17. The first-order valence-corrected chi connectivity index (χ1v) is 9.08. The number of ether oxygens (including phenoxy) is 1. The molecule has 1 heterocycles. The Morgan fingerprint density at radius 3 is 2.74 bits per heavy atom. The van der Waals surface area contributed by atoms with Gasteiger partial charge in [0.05, 0.1) is 6.61 Å². The van der Waals surface area contributed by atoms with Crippen LogP contribution in [0.15, 0.2) is 24.3 Å². The Morgan fingerprint density at radius 2 is 2.00 bits per heavy atom. The maximum atomic E-state index is 11.0. The van der Waals surface area contributed by atoms with Gasteiger partial charge in [-0.25, -0.2) is 0 Å². The number of rotatable bonds is 8. The number of hydrogen-bond donors (Lipinski definition) is 1. The van der Waals surface area contributed by atoms with E-state index < -0.39 is 0 Å². The number of carbonyl (C=O) groups excluding carboxylic acids is 1. The Kier molecular flexibility index (Phi) is 8.26. The number of benzene rings is 1. The zero-order chi connectivity index (χ0) is 16.3. The molecule has 128 valence electrons. The quantitative estimate of drug-likeness (QED) is 0.584. The van der Waals surface area contributed by atoms with Gasteiger partial charge in [0.25, 0.3) is 0 Å². The number of nitrogens with one attached hydrogen (secondary N) is 1. The number of carbonyl (C=O) groups is 1. The van der Waals surface area contributed by atoms with Crippen LogP contribution in [0.25, 0.3) is 0 Å². The minimum absolute atomic E-state index is 0.0133. The van der Waals surface area contributed by atoms with Crippen molar-refractivity contribution in [3.63, 3.8) is 0 Å². The predicted octanol–water partition coefficient (Wildman–Crippen LogP) is 3.19. The van der Waals surface area contributed by atoms with Crippen LogP contribution in [0.1, 0.15) is 37.7 Å². The van der Waals surface area contributed by atoms with Crippen molar-refractivity contribution in [2.45, 2.75) is 38.6 Å². The van der Waals surface area contributed by atoms with Crippen molar-refractivity contribution in [1.29, 1.82) is 0 Å². The van der Waals surface area contributed by atoms with Crippen molar-refractivity contribution < 1.29 is 9.53 Å². The van der Waals surface area contributed by atoms with E-state index in [2.05, 4.69) is 28.4 Å². The summed E-state index contributed by atoms with van der Waals surface area (Å²) in [4.78, 5) is 13.6. The van der Waals surface area contributed by atoms with Gasteiger partial charge >= 0.3 is 0 Å². The van der Waals surface area contributed by atoms with Gasteiger partial charge in [-0.2, -0.15) is 0 Å². The molecule has 1 saturated heterocycles. The summed E-state index contributed by atoms with van der Waals surface area (Å²) in [5, 5.41) is 2.73. The second-order valence-electron chi connectivity index (χ2n) is 6.02. The standard InChI is InChI=1S/C18H27ClN2O2/c19-14-18(22)20-9-6-12-23-17-8-5-7-16(13-17)15-21-10-3-1-2-4-11-21/h5,7-8,13H,1-4,6,9-12,14-15H2,(H,20,22). The van der Waals surface area contributed by atoms with Crippen LogP contribution in [0.4, 0.5) is 0 Å². The summed E-state index contributed by atoms with van der Waals surface area (Å²) < 4.78 is 5.77. The van der Waals surface area contributed by atoms with Crippen LogP contribution in [0.5, 0.6) is 5.75 Å². The lowest BCUT2D eigenvalue weighted by Gasteiger charge is -2.20. The van der Waals surface area contributed by atoms with E-state index >= 15 is 0 Å². The van der Waals surface area contributed by atoms with E-state index in [1.54, 1.807) is 0 Å². The van der Waals surface area contributed by atoms with E-state index in [0.717, 1.165) is 18.7 Å². The van der Waals surface area contributed by atoms with Crippen LogP contribution >= 0.6 is 11.6 Å². The molecule has 4 nitrogen and oxygen atoms in total. The largest absolute Gasteiger partial charge is 0.494 e. The lowest BCUT2D eigenvalue weighted by atomic mass is 10.2. The fourth-order valence-corrected chi connectivity index (χ4v) is 2.92. The molecule has 1 fully saturated rings. The van der Waals surface area contributed by atoms with Crippen LogP contribution < -0.4 is 10.1 Å². The fourth-order valence-electron chi connectivity index (χ4n) is 2.82. The zero-order valence-corrected chi connectivity index (χ0v) is 14.5. The van der Waals surface area contributed by atoms with Crippen LogP contribution in [0, 0.1) is 0 Å².